The zero-order chi connectivity index (χ0) is 36.6. The first kappa shape index (κ1) is 49.7. The van der Waals surface area contributed by atoms with E-state index in [-0.39, 0.29) is 58.5 Å². The molecule has 1 N–H and O–H groups in total. The minimum Gasteiger partial charge on any atom is -0.872 e. The fourth-order valence-electron chi connectivity index (χ4n) is 4.65. The van der Waals surface area contributed by atoms with Gasteiger partial charge in [-0.15, -0.1) is 20.5 Å². The second-order valence-corrected chi connectivity index (χ2v) is 11.9. The molecule has 0 aliphatic rings. The minimum atomic E-state index is -4.94. The summed E-state index contributed by atoms with van der Waals surface area (Å²) in [6, 6.07) is 25.6. The molecule has 0 fully saturated rings. The Kier molecular flexibility index (Phi) is 23.4. The van der Waals surface area contributed by atoms with Crippen LogP contribution in [0.2, 0.25) is 0 Å². The smallest absolute Gasteiger partial charge is 0.872 e. The van der Waals surface area contributed by atoms with Crippen molar-refractivity contribution in [3.8, 4) is 5.75 Å². The SMILES string of the molecule is [Cu+2].[Cu+2].[O-][Cl+3]([O-])([O-])[O-].[O-][Cl+3]([O-])([O-])[O-].[O-]c1c(CN(Cc2ccccn2)Cc2ccccn2)cc(F)cc1CN(Cc1ccccn1)Cc1ccccn1.[OH-]. The Bertz CT molecular complexity index is 1490. The van der Waals surface area contributed by atoms with Crippen LogP contribution in [-0.4, -0.2) is 35.2 Å². The molecule has 0 atom stereocenters. The number of aromatic nitrogens is 4. The molecule has 5 aromatic rings. The summed E-state index contributed by atoms with van der Waals surface area (Å²) in [7, 11) is -9.89. The third-order valence-corrected chi connectivity index (χ3v) is 6.44. The second-order valence-electron chi connectivity index (χ2n) is 10.4. The molecule has 4 aromatic heterocycles. The predicted molar refractivity (Wildman–Crippen MR) is 151 cm³/mol. The number of halogens is 3. The summed E-state index contributed by atoms with van der Waals surface area (Å²) in [6.45, 7) is 2.50. The zero-order valence-corrected chi connectivity index (χ0v) is 30.6. The maximum atomic E-state index is 15.0. The van der Waals surface area contributed by atoms with Crippen LogP contribution in [-0.2, 0) is 73.4 Å². The Balaban J connectivity index is 0.00000185. The van der Waals surface area contributed by atoms with Crippen molar-refractivity contribution in [3.05, 3.63) is 149 Å². The van der Waals surface area contributed by atoms with E-state index in [2.05, 4.69) is 29.7 Å². The fourth-order valence-corrected chi connectivity index (χ4v) is 4.65. The van der Waals surface area contributed by atoms with Crippen LogP contribution in [0.25, 0.3) is 0 Å². The van der Waals surface area contributed by atoms with E-state index in [9.17, 15) is 9.50 Å². The standard InChI is InChI=1S/C32H31FN6O.2ClHO4.2Cu.H2O/c33-27-17-25(19-38(21-28-9-1-5-13-34-28)22-29-10-2-6-14-35-29)32(40)26(18-27)20-39(23-30-11-3-7-15-36-30)24-31-12-4-8-16-37-31;2*2-1(3,4)5;;;/h1-18,40H,19-24H2;2*(H,2,3,4,5);;;1H2/q;;;2*+2;/p-4. The van der Waals surface area contributed by atoms with Crippen molar-refractivity contribution in [3.63, 3.8) is 0 Å². The van der Waals surface area contributed by atoms with Gasteiger partial charge in [0.1, 0.15) is 5.82 Å². The van der Waals surface area contributed by atoms with Crippen LogP contribution in [0, 0.1) is 26.3 Å². The molecule has 4 heterocycles. The molecule has 0 aliphatic carbocycles. The molecule has 292 valence electrons. The first-order chi connectivity index (χ1) is 23.6. The van der Waals surface area contributed by atoms with Crippen LogP contribution >= 0.6 is 0 Å². The molecule has 0 saturated heterocycles. The predicted octanol–water partition coefficient (Wildman–Crippen LogP) is -4.81. The Hall–Kier alpha value is -3.27. The Morgan fingerprint density at radius 3 is 0.925 bits per heavy atom. The first-order valence-electron chi connectivity index (χ1n) is 14.4. The Morgan fingerprint density at radius 1 is 0.472 bits per heavy atom. The van der Waals surface area contributed by atoms with E-state index in [0.717, 1.165) is 22.8 Å². The summed E-state index contributed by atoms with van der Waals surface area (Å²) in [5.41, 5.74) is 4.24. The molecule has 0 unspecified atom stereocenters. The largest absolute Gasteiger partial charge is 2.00 e. The van der Waals surface area contributed by atoms with Gasteiger partial charge in [-0.05, 0) is 71.8 Å². The molecule has 0 amide bonds. The van der Waals surface area contributed by atoms with E-state index in [4.69, 9.17) is 37.3 Å². The number of nitrogens with zero attached hydrogens (tertiary/aromatic N) is 6. The molecule has 16 nitrogen and oxygen atoms in total. The Morgan fingerprint density at radius 2 is 0.717 bits per heavy atom. The van der Waals surface area contributed by atoms with Gasteiger partial charge in [0.25, 0.3) is 0 Å². The number of hydrogen-bond acceptors (Lipinski definition) is 16. The molecular weight excluding hydrogens is 845 g/mol. The number of benzene rings is 1. The normalized spacial score (nSPS) is 10.8. The van der Waals surface area contributed by atoms with Gasteiger partial charge in [-0.25, -0.2) is 41.7 Å². The van der Waals surface area contributed by atoms with Crippen molar-refractivity contribution in [2.24, 2.45) is 0 Å². The molecule has 0 bridgehead atoms. The summed E-state index contributed by atoms with van der Waals surface area (Å²) in [5.74, 6) is -0.601. The van der Waals surface area contributed by atoms with Crippen LogP contribution in [0.15, 0.2) is 110 Å². The summed E-state index contributed by atoms with van der Waals surface area (Å²) in [5, 5.41) is 13.7. The van der Waals surface area contributed by atoms with Gasteiger partial charge < -0.3 is 10.6 Å². The monoisotopic (exact) mass is 874 g/mol. The van der Waals surface area contributed by atoms with Crippen molar-refractivity contribution >= 4 is 0 Å². The van der Waals surface area contributed by atoms with Crippen LogP contribution in [0.4, 0.5) is 4.39 Å². The summed E-state index contributed by atoms with van der Waals surface area (Å²) >= 11 is 0. The third-order valence-electron chi connectivity index (χ3n) is 6.44. The number of pyridine rings is 4. The van der Waals surface area contributed by atoms with Crippen LogP contribution < -0.4 is 42.4 Å². The van der Waals surface area contributed by atoms with Gasteiger partial charge in [-0.1, -0.05) is 30.0 Å². The van der Waals surface area contributed by atoms with Gasteiger partial charge >= 0.3 is 34.1 Å². The first-order valence-corrected chi connectivity index (χ1v) is 16.9. The maximum absolute atomic E-state index is 15.0. The minimum absolute atomic E-state index is 0. The molecule has 53 heavy (non-hydrogen) atoms. The number of rotatable bonds is 12. The van der Waals surface area contributed by atoms with Gasteiger partial charge in [0.05, 0.1) is 22.8 Å². The van der Waals surface area contributed by atoms with Gasteiger partial charge in [0.15, 0.2) is 0 Å². The van der Waals surface area contributed by atoms with Gasteiger partial charge in [-0.2, -0.15) is 0 Å². The molecule has 0 aliphatic heterocycles. The topological polar surface area (TPSA) is 296 Å². The van der Waals surface area contributed by atoms with E-state index in [0.29, 0.717) is 37.3 Å². The van der Waals surface area contributed by atoms with Gasteiger partial charge in [-0.3, -0.25) is 29.7 Å². The summed E-state index contributed by atoms with van der Waals surface area (Å²) in [4.78, 5) is 21.9. The van der Waals surface area contributed by atoms with Crippen LogP contribution in [0.5, 0.6) is 5.75 Å². The zero-order valence-electron chi connectivity index (χ0n) is 27.2. The van der Waals surface area contributed by atoms with E-state index < -0.39 is 26.3 Å². The molecule has 2 radical (unpaired) electrons. The molecule has 0 spiro atoms. The summed E-state index contributed by atoms with van der Waals surface area (Å²) < 4.78 is 82.9. The molecule has 1 aromatic carbocycles. The molecular formula is C32H31Cl2Cu2FN6O10. The van der Waals surface area contributed by atoms with E-state index in [1.165, 1.54) is 12.1 Å². The van der Waals surface area contributed by atoms with Crippen LogP contribution in [0.3, 0.4) is 0 Å². The Labute approximate surface area is 329 Å². The van der Waals surface area contributed by atoms with Crippen LogP contribution in [0.1, 0.15) is 33.9 Å². The second kappa shape index (κ2) is 24.9. The van der Waals surface area contributed by atoms with E-state index >= 15 is 0 Å². The van der Waals surface area contributed by atoms with Crippen molar-refractivity contribution in [1.82, 2.24) is 29.7 Å². The number of hydrogen-bond donors (Lipinski definition) is 0. The molecule has 5 rings (SSSR count). The van der Waals surface area contributed by atoms with E-state index in [1.807, 2.05) is 72.8 Å². The average molecular weight is 877 g/mol. The van der Waals surface area contributed by atoms with E-state index in [1.54, 1.807) is 24.8 Å². The summed E-state index contributed by atoms with van der Waals surface area (Å²) in [6.07, 6.45) is 6.97. The van der Waals surface area contributed by atoms with Crippen molar-refractivity contribution in [2.75, 3.05) is 0 Å². The average Bonchev–Trinajstić information content (AvgIpc) is 3.03. The van der Waals surface area contributed by atoms with Crippen molar-refractivity contribution < 1.29 is 107 Å². The fraction of sp³-hybridized carbons (Fsp3) is 0.188. The van der Waals surface area contributed by atoms with Crippen molar-refractivity contribution in [1.29, 1.82) is 0 Å². The molecule has 0 saturated carbocycles. The van der Waals surface area contributed by atoms with Gasteiger partial charge in [0.2, 0.25) is 0 Å². The van der Waals surface area contributed by atoms with Crippen molar-refractivity contribution in [2.45, 2.75) is 39.3 Å². The third kappa shape index (κ3) is 22.5. The maximum Gasteiger partial charge on any atom is 2.00 e. The molecule has 21 heteroatoms. The quantitative estimate of drug-likeness (QED) is 0.106. The van der Waals surface area contributed by atoms with Gasteiger partial charge in [0, 0.05) is 64.1 Å².